The zero-order valence-corrected chi connectivity index (χ0v) is 13.9. The molecule has 8 nitrogen and oxygen atoms in total. The van der Waals surface area contributed by atoms with Crippen molar-refractivity contribution in [1.29, 1.82) is 0 Å². The van der Waals surface area contributed by atoms with Crippen molar-refractivity contribution in [3.63, 3.8) is 0 Å². The number of hydrogen-bond donors (Lipinski definition) is 1. The summed E-state index contributed by atoms with van der Waals surface area (Å²) in [5.41, 5.74) is -0.438. The summed E-state index contributed by atoms with van der Waals surface area (Å²) in [7, 11) is 1.31. The second-order valence-corrected chi connectivity index (χ2v) is 5.87. The fourth-order valence-corrected chi connectivity index (χ4v) is 1.99. The molecule has 1 aromatic rings. The summed E-state index contributed by atoms with van der Waals surface area (Å²) < 4.78 is 9.99. The van der Waals surface area contributed by atoms with Crippen LogP contribution in [-0.2, 0) is 19.1 Å². The van der Waals surface area contributed by atoms with Gasteiger partial charge in [0.1, 0.15) is 18.4 Å². The molecule has 1 heterocycles. The molecule has 1 amide bonds. The van der Waals surface area contributed by atoms with Crippen LogP contribution in [0.4, 0.5) is 9.93 Å². The number of oxime groups is 1. The van der Waals surface area contributed by atoms with Crippen molar-refractivity contribution in [2.75, 3.05) is 19.0 Å². The number of thiazole rings is 1. The first kappa shape index (κ1) is 17.9. The van der Waals surface area contributed by atoms with Crippen LogP contribution in [0, 0.1) is 0 Å². The predicted molar refractivity (Wildman–Crippen MR) is 82.1 cm³/mol. The third-order valence-corrected chi connectivity index (χ3v) is 2.76. The first-order chi connectivity index (χ1) is 10.3. The number of esters is 1. The van der Waals surface area contributed by atoms with Gasteiger partial charge in [-0.1, -0.05) is 5.16 Å². The number of carbonyl (C=O) groups excluding carboxylic acids is 2. The number of nitrogens with one attached hydrogen (secondary N) is 1. The molecule has 0 fully saturated rings. The summed E-state index contributed by atoms with van der Waals surface area (Å²) in [6, 6.07) is 0. The van der Waals surface area contributed by atoms with E-state index in [1.165, 1.54) is 7.11 Å². The Morgan fingerprint density at radius 3 is 2.64 bits per heavy atom. The summed E-state index contributed by atoms with van der Waals surface area (Å²) >= 11 is 1.13. The van der Waals surface area contributed by atoms with Crippen molar-refractivity contribution in [2.45, 2.75) is 33.3 Å². The van der Waals surface area contributed by atoms with Gasteiger partial charge in [-0.2, -0.15) is 0 Å². The highest BCUT2D eigenvalue weighted by Crippen LogP contribution is 2.18. The van der Waals surface area contributed by atoms with E-state index in [-0.39, 0.29) is 23.1 Å². The predicted octanol–water partition coefficient (Wildman–Crippen LogP) is 2.40. The van der Waals surface area contributed by atoms with Gasteiger partial charge in [0, 0.05) is 5.38 Å². The molecular weight excluding hydrogens is 310 g/mol. The first-order valence-corrected chi connectivity index (χ1v) is 7.39. The Labute approximate surface area is 132 Å². The van der Waals surface area contributed by atoms with Crippen LogP contribution < -0.4 is 5.32 Å². The molecule has 0 unspecified atom stereocenters. The minimum absolute atomic E-state index is 0.0714. The maximum atomic E-state index is 11.8. The molecule has 0 atom stereocenters. The minimum atomic E-state index is -0.654. The number of rotatable bonds is 5. The molecule has 1 aromatic heterocycles. The van der Waals surface area contributed by atoms with Crippen LogP contribution in [-0.4, -0.2) is 42.1 Å². The van der Waals surface area contributed by atoms with Crippen molar-refractivity contribution in [3.05, 3.63) is 11.1 Å². The molecule has 0 saturated carbocycles. The normalized spacial score (nSPS) is 11.8. The standard InChI is InChI=1S/C13H19N3O5S/c1-6-20-10(17)9(16-19-5)8-7-22-11(14-8)15-12(18)21-13(2,3)4/h7H,6H2,1-5H3,(H,14,15,18)/b16-9-. The number of nitrogens with zero attached hydrogens (tertiary/aromatic N) is 2. The Balaban J connectivity index is 2.83. The summed E-state index contributed by atoms with van der Waals surface area (Å²) in [6.45, 7) is 7.14. The number of amides is 1. The van der Waals surface area contributed by atoms with Crippen molar-refractivity contribution in [3.8, 4) is 0 Å². The van der Waals surface area contributed by atoms with Gasteiger partial charge >= 0.3 is 12.1 Å². The van der Waals surface area contributed by atoms with Gasteiger partial charge < -0.3 is 14.3 Å². The van der Waals surface area contributed by atoms with E-state index in [4.69, 9.17) is 9.47 Å². The average Bonchev–Trinajstić information content (AvgIpc) is 2.81. The van der Waals surface area contributed by atoms with Crippen molar-refractivity contribution in [2.24, 2.45) is 5.16 Å². The molecule has 0 aliphatic heterocycles. The molecular formula is C13H19N3O5S. The molecule has 0 spiro atoms. The fraction of sp³-hybridized carbons (Fsp3) is 0.538. The quantitative estimate of drug-likeness (QED) is 0.506. The van der Waals surface area contributed by atoms with E-state index in [1.807, 2.05) is 0 Å². The number of anilines is 1. The number of aromatic nitrogens is 1. The SMILES string of the molecule is CCOC(=O)/C(=N\OC)c1csc(NC(=O)OC(C)(C)C)n1. The molecule has 0 bridgehead atoms. The van der Waals surface area contributed by atoms with E-state index < -0.39 is 17.7 Å². The van der Waals surface area contributed by atoms with Gasteiger partial charge in [0.15, 0.2) is 5.13 Å². The van der Waals surface area contributed by atoms with Gasteiger partial charge in [0.2, 0.25) is 5.71 Å². The van der Waals surface area contributed by atoms with Crippen molar-refractivity contribution < 1.29 is 23.9 Å². The molecule has 0 aliphatic rings. The molecule has 122 valence electrons. The van der Waals surface area contributed by atoms with Gasteiger partial charge in [-0.3, -0.25) is 5.32 Å². The van der Waals surface area contributed by atoms with Gasteiger partial charge in [0.05, 0.1) is 6.61 Å². The van der Waals surface area contributed by atoms with E-state index >= 15 is 0 Å². The minimum Gasteiger partial charge on any atom is -0.461 e. The number of ether oxygens (including phenoxy) is 2. The Hall–Kier alpha value is -2.16. The highest BCUT2D eigenvalue weighted by atomic mass is 32.1. The van der Waals surface area contributed by atoms with Gasteiger partial charge in [-0.05, 0) is 27.7 Å². The van der Waals surface area contributed by atoms with E-state index in [0.717, 1.165) is 11.3 Å². The largest absolute Gasteiger partial charge is 0.461 e. The van der Waals surface area contributed by atoms with Crippen LogP contribution in [0.1, 0.15) is 33.4 Å². The molecule has 9 heteroatoms. The second kappa shape index (κ2) is 7.74. The molecule has 0 radical (unpaired) electrons. The topological polar surface area (TPSA) is 99.1 Å². The molecule has 1 N–H and O–H groups in total. The van der Waals surface area contributed by atoms with E-state index in [9.17, 15) is 9.59 Å². The first-order valence-electron chi connectivity index (χ1n) is 6.51. The van der Waals surface area contributed by atoms with Crippen LogP contribution >= 0.6 is 11.3 Å². The Morgan fingerprint density at radius 2 is 2.09 bits per heavy atom. The van der Waals surface area contributed by atoms with Crippen LogP contribution in [0.5, 0.6) is 0 Å². The van der Waals surface area contributed by atoms with Crippen LogP contribution in [0.2, 0.25) is 0 Å². The van der Waals surface area contributed by atoms with E-state index in [2.05, 4.69) is 20.3 Å². The zero-order valence-electron chi connectivity index (χ0n) is 13.1. The van der Waals surface area contributed by atoms with E-state index in [0.29, 0.717) is 0 Å². The lowest BCUT2D eigenvalue weighted by Gasteiger charge is -2.18. The smallest absolute Gasteiger partial charge is 0.413 e. The summed E-state index contributed by atoms with van der Waals surface area (Å²) in [4.78, 5) is 32.1. The lowest BCUT2D eigenvalue weighted by atomic mass is 10.2. The highest BCUT2D eigenvalue weighted by molar-refractivity contribution is 7.14. The fourth-order valence-electron chi connectivity index (χ4n) is 1.31. The summed E-state index contributed by atoms with van der Waals surface area (Å²) in [5, 5.41) is 7.92. The number of carbonyl (C=O) groups is 2. The Morgan fingerprint density at radius 1 is 1.41 bits per heavy atom. The van der Waals surface area contributed by atoms with Gasteiger partial charge in [0.25, 0.3) is 0 Å². The third kappa shape index (κ3) is 5.68. The van der Waals surface area contributed by atoms with Crippen LogP contribution in [0.25, 0.3) is 0 Å². The lowest BCUT2D eigenvalue weighted by molar-refractivity contribution is -0.135. The van der Waals surface area contributed by atoms with Crippen LogP contribution in [0.15, 0.2) is 10.5 Å². The number of hydrogen-bond acceptors (Lipinski definition) is 8. The molecule has 22 heavy (non-hydrogen) atoms. The van der Waals surface area contributed by atoms with E-state index in [1.54, 1.807) is 33.1 Å². The lowest BCUT2D eigenvalue weighted by Crippen LogP contribution is -2.27. The average molecular weight is 329 g/mol. The maximum Gasteiger partial charge on any atom is 0.413 e. The molecule has 1 rings (SSSR count). The van der Waals surface area contributed by atoms with Crippen LogP contribution in [0.3, 0.4) is 0 Å². The summed E-state index contributed by atoms with van der Waals surface area (Å²) in [5.74, 6) is -0.654. The monoisotopic (exact) mass is 329 g/mol. The van der Waals surface area contributed by atoms with Crippen molar-refractivity contribution >= 4 is 34.2 Å². The molecule has 0 aliphatic carbocycles. The van der Waals surface area contributed by atoms with Crippen molar-refractivity contribution in [1.82, 2.24) is 4.98 Å². The molecule has 0 saturated heterocycles. The molecule has 0 aromatic carbocycles. The zero-order chi connectivity index (χ0) is 16.8. The van der Waals surface area contributed by atoms with Gasteiger partial charge in [-0.25, -0.2) is 14.6 Å². The maximum absolute atomic E-state index is 11.8. The second-order valence-electron chi connectivity index (χ2n) is 5.01. The Bertz CT molecular complexity index is 562. The third-order valence-electron chi connectivity index (χ3n) is 2.01. The Kier molecular flexibility index (Phi) is 6.29. The van der Waals surface area contributed by atoms with Gasteiger partial charge in [-0.15, -0.1) is 11.3 Å². The highest BCUT2D eigenvalue weighted by Gasteiger charge is 2.21. The summed E-state index contributed by atoms with van der Waals surface area (Å²) in [6.07, 6.45) is -0.630.